The molecule has 0 amide bonds. The maximum Gasteiger partial charge on any atom is 0.338 e. The summed E-state index contributed by atoms with van der Waals surface area (Å²) in [7, 11) is 0. The van der Waals surface area contributed by atoms with Crippen LogP contribution in [-0.4, -0.2) is 33.1 Å². The van der Waals surface area contributed by atoms with Gasteiger partial charge in [0, 0.05) is 16.5 Å². The van der Waals surface area contributed by atoms with E-state index in [2.05, 4.69) is 29.2 Å². The maximum absolute atomic E-state index is 12.9. The van der Waals surface area contributed by atoms with Crippen LogP contribution < -0.4 is 5.32 Å². The molecule has 1 aromatic carbocycles. The number of esters is 1. The molecule has 2 heterocycles. The van der Waals surface area contributed by atoms with Crippen LogP contribution in [-0.2, 0) is 9.53 Å². The minimum Gasteiger partial charge on any atom is -0.462 e. The third kappa shape index (κ3) is 4.52. The number of carbonyl (C=O) groups excluding carboxylic acids is 1. The molecule has 150 valence electrons. The molecule has 0 bridgehead atoms. The number of allylic oxidation sites excluding steroid dienone is 1. The van der Waals surface area contributed by atoms with Gasteiger partial charge in [-0.3, -0.25) is 0 Å². The predicted molar refractivity (Wildman–Crippen MR) is 113 cm³/mol. The van der Waals surface area contributed by atoms with Crippen LogP contribution in [0, 0.1) is 0 Å². The van der Waals surface area contributed by atoms with Crippen LogP contribution in [0.25, 0.3) is 0 Å². The summed E-state index contributed by atoms with van der Waals surface area (Å²) < 4.78 is 7.28. The normalized spacial score (nSPS) is 15.9. The summed E-state index contributed by atoms with van der Waals surface area (Å²) in [6, 6.07) is 7.05. The van der Waals surface area contributed by atoms with Crippen molar-refractivity contribution in [1.29, 1.82) is 0 Å². The Bertz CT molecular complexity index is 881. The van der Waals surface area contributed by atoms with Crippen molar-refractivity contribution in [2.45, 2.75) is 51.2 Å². The molecule has 1 aliphatic heterocycles. The van der Waals surface area contributed by atoms with Crippen molar-refractivity contribution < 1.29 is 9.53 Å². The topological polar surface area (TPSA) is 69.0 Å². The number of benzene rings is 1. The zero-order chi connectivity index (χ0) is 20.1. The highest BCUT2D eigenvalue weighted by atomic mass is 35.5. The molecule has 1 unspecified atom stereocenters. The molecule has 0 spiro atoms. The Balaban J connectivity index is 2.02. The Morgan fingerprint density at radius 3 is 2.89 bits per heavy atom. The quantitative estimate of drug-likeness (QED) is 0.365. The first-order valence-electron chi connectivity index (χ1n) is 9.54. The first-order chi connectivity index (χ1) is 13.5. The number of nitrogens with zero attached hydrogens (tertiary/aromatic N) is 3. The molecule has 0 saturated carbocycles. The van der Waals surface area contributed by atoms with Crippen molar-refractivity contribution in [3.63, 3.8) is 0 Å². The zero-order valence-corrected chi connectivity index (χ0v) is 17.9. The summed E-state index contributed by atoms with van der Waals surface area (Å²) in [6.07, 6.45) is 2.83. The first kappa shape index (κ1) is 20.7. The summed E-state index contributed by atoms with van der Waals surface area (Å²) in [5.74, 6) is 1.21. The Morgan fingerprint density at radius 2 is 2.18 bits per heavy atom. The third-order valence-electron chi connectivity index (χ3n) is 4.38. The highest BCUT2D eigenvalue weighted by molar-refractivity contribution is 7.99. The summed E-state index contributed by atoms with van der Waals surface area (Å²) in [4.78, 5) is 17.5. The van der Waals surface area contributed by atoms with Gasteiger partial charge in [-0.1, -0.05) is 55.8 Å². The van der Waals surface area contributed by atoms with Gasteiger partial charge in [0.05, 0.1) is 12.2 Å². The lowest BCUT2D eigenvalue weighted by atomic mass is 9.96. The molecule has 3 rings (SSSR count). The molecular formula is C20H25ClN4O2S. The van der Waals surface area contributed by atoms with Crippen molar-refractivity contribution in [2.75, 3.05) is 17.7 Å². The molecular weight excluding hydrogens is 396 g/mol. The van der Waals surface area contributed by atoms with Gasteiger partial charge in [0.25, 0.3) is 0 Å². The lowest BCUT2D eigenvalue weighted by Crippen LogP contribution is -2.29. The number of rotatable bonds is 8. The van der Waals surface area contributed by atoms with Crippen LogP contribution >= 0.6 is 23.4 Å². The van der Waals surface area contributed by atoms with E-state index in [9.17, 15) is 4.79 Å². The van der Waals surface area contributed by atoms with Crippen LogP contribution in [0.1, 0.15) is 51.6 Å². The minimum absolute atomic E-state index is 0.340. The lowest BCUT2D eigenvalue weighted by Gasteiger charge is -2.28. The molecule has 28 heavy (non-hydrogen) atoms. The monoisotopic (exact) mass is 420 g/mol. The number of unbranched alkanes of at least 4 members (excludes halogenated alkanes) is 1. The predicted octanol–water partition coefficient (Wildman–Crippen LogP) is 5.07. The summed E-state index contributed by atoms with van der Waals surface area (Å²) in [5.41, 5.74) is 2.12. The second-order valence-corrected chi connectivity index (χ2v) is 8.12. The van der Waals surface area contributed by atoms with Gasteiger partial charge in [0.2, 0.25) is 11.1 Å². The van der Waals surface area contributed by atoms with Crippen LogP contribution in [0.2, 0.25) is 5.02 Å². The van der Waals surface area contributed by atoms with Gasteiger partial charge in [-0.15, -0.1) is 5.10 Å². The Hall–Kier alpha value is -1.99. The standard InChI is InChI=1S/C20H25ClN4O2S/c1-4-6-10-27-18(26)16-13(3)22-19-23-20(28-11-5-2)24-25(19)17(16)14-8-7-9-15(21)12-14/h7-9,12,17H,4-6,10-11H2,1-3H3,(H,22,23,24). The van der Waals surface area contributed by atoms with Gasteiger partial charge in [-0.05, 0) is 37.5 Å². The number of hydrogen-bond donors (Lipinski definition) is 1. The largest absolute Gasteiger partial charge is 0.462 e. The van der Waals surface area contributed by atoms with E-state index >= 15 is 0 Å². The fourth-order valence-corrected chi connectivity index (χ4v) is 3.90. The van der Waals surface area contributed by atoms with E-state index < -0.39 is 6.04 Å². The fourth-order valence-electron chi connectivity index (χ4n) is 3.02. The van der Waals surface area contributed by atoms with Crippen molar-refractivity contribution in [1.82, 2.24) is 14.8 Å². The van der Waals surface area contributed by atoms with Crippen molar-refractivity contribution in [3.05, 3.63) is 46.1 Å². The van der Waals surface area contributed by atoms with E-state index in [0.29, 0.717) is 28.3 Å². The Labute approximate surface area is 174 Å². The van der Waals surface area contributed by atoms with E-state index in [1.54, 1.807) is 16.4 Å². The molecule has 0 saturated heterocycles. The van der Waals surface area contributed by atoms with Gasteiger partial charge in [0.15, 0.2) is 0 Å². The van der Waals surface area contributed by atoms with E-state index in [0.717, 1.165) is 36.3 Å². The van der Waals surface area contributed by atoms with E-state index in [1.807, 2.05) is 31.2 Å². The van der Waals surface area contributed by atoms with Crippen LogP contribution in [0.5, 0.6) is 0 Å². The molecule has 8 heteroatoms. The second-order valence-electron chi connectivity index (χ2n) is 6.62. The second kappa shape index (κ2) is 9.47. The van der Waals surface area contributed by atoms with Crippen molar-refractivity contribution in [3.8, 4) is 0 Å². The Morgan fingerprint density at radius 1 is 1.36 bits per heavy atom. The van der Waals surface area contributed by atoms with E-state index in [-0.39, 0.29) is 5.97 Å². The summed E-state index contributed by atoms with van der Waals surface area (Å²) in [5, 5.41) is 9.17. The van der Waals surface area contributed by atoms with Crippen LogP contribution in [0.4, 0.5) is 5.95 Å². The third-order valence-corrected chi connectivity index (χ3v) is 5.66. The van der Waals surface area contributed by atoms with Gasteiger partial charge in [-0.2, -0.15) is 4.98 Å². The van der Waals surface area contributed by atoms with Crippen LogP contribution in [0.15, 0.2) is 40.7 Å². The van der Waals surface area contributed by atoms with Gasteiger partial charge in [-0.25, -0.2) is 9.48 Å². The smallest absolute Gasteiger partial charge is 0.338 e. The zero-order valence-electron chi connectivity index (χ0n) is 16.4. The molecule has 1 atom stereocenters. The number of ether oxygens (including phenoxy) is 1. The highest BCUT2D eigenvalue weighted by Gasteiger charge is 2.35. The average molecular weight is 421 g/mol. The average Bonchev–Trinajstić information content (AvgIpc) is 3.07. The van der Waals surface area contributed by atoms with Gasteiger partial charge >= 0.3 is 5.97 Å². The molecule has 0 aliphatic carbocycles. The maximum atomic E-state index is 12.9. The molecule has 0 radical (unpaired) electrons. The molecule has 0 fully saturated rings. The molecule has 1 N–H and O–H groups in total. The number of anilines is 1. The number of fused-ring (bicyclic) bond motifs is 1. The first-order valence-corrected chi connectivity index (χ1v) is 10.9. The number of thioether (sulfide) groups is 1. The molecule has 1 aromatic heterocycles. The van der Waals surface area contributed by atoms with Gasteiger partial charge in [0.1, 0.15) is 6.04 Å². The number of halogens is 1. The summed E-state index contributed by atoms with van der Waals surface area (Å²) >= 11 is 7.83. The fraction of sp³-hybridized carbons (Fsp3) is 0.450. The van der Waals surface area contributed by atoms with Crippen molar-refractivity contribution in [2.24, 2.45) is 0 Å². The molecule has 2 aromatic rings. The lowest BCUT2D eigenvalue weighted by molar-refractivity contribution is -0.139. The number of nitrogens with one attached hydrogen (secondary N) is 1. The van der Waals surface area contributed by atoms with E-state index in [4.69, 9.17) is 16.3 Å². The molecule has 1 aliphatic rings. The number of aromatic nitrogens is 3. The summed E-state index contributed by atoms with van der Waals surface area (Å²) in [6.45, 7) is 6.44. The van der Waals surface area contributed by atoms with E-state index in [1.165, 1.54) is 0 Å². The minimum atomic E-state index is -0.437. The van der Waals surface area contributed by atoms with Crippen LogP contribution in [0.3, 0.4) is 0 Å². The highest BCUT2D eigenvalue weighted by Crippen LogP contribution is 2.37. The molecule has 6 nitrogen and oxygen atoms in total. The number of carbonyl (C=O) groups is 1. The van der Waals surface area contributed by atoms with Crippen molar-refractivity contribution >= 4 is 35.3 Å². The number of hydrogen-bond acceptors (Lipinski definition) is 6. The van der Waals surface area contributed by atoms with Gasteiger partial charge < -0.3 is 10.1 Å². The Kier molecular flexibility index (Phi) is 7.02. The SMILES string of the molecule is CCCCOC(=O)C1=C(C)Nc2nc(SCCC)nn2C1c1cccc(Cl)c1.